The Morgan fingerprint density at radius 2 is 1.80 bits per heavy atom. The molecular weight excluding hydrogens is 398 g/mol. The molecule has 0 radical (unpaired) electrons. The van der Waals surface area contributed by atoms with Crippen molar-refractivity contribution < 1.29 is 14.4 Å². The summed E-state index contributed by atoms with van der Waals surface area (Å²) in [6.07, 6.45) is 4.22. The number of rotatable bonds is 8. The number of carbonyl (C=O) groups is 3. The molecule has 1 aromatic heterocycles. The molecule has 1 fully saturated rings. The molecule has 2 N–H and O–H groups in total. The van der Waals surface area contributed by atoms with Gasteiger partial charge in [-0.2, -0.15) is 0 Å². The molecule has 1 aliphatic rings. The van der Waals surface area contributed by atoms with Crippen molar-refractivity contribution in [1.82, 2.24) is 10.6 Å². The van der Waals surface area contributed by atoms with Crippen molar-refractivity contribution >= 4 is 34.7 Å². The molecule has 3 rings (SSSR count). The Labute approximate surface area is 181 Å². The lowest BCUT2D eigenvalue weighted by Crippen LogP contribution is -2.47. The van der Waals surface area contributed by atoms with Gasteiger partial charge in [0.05, 0.1) is 11.4 Å². The number of benzene rings is 1. The smallest absolute Gasteiger partial charge is 0.261 e. The molecule has 0 atom stereocenters. The van der Waals surface area contributed by atoms with E-state index >= 15 is 0 Å². The van der Waals surface area contributed by atoms with E-state index in [-0.39, 0.29) is 36.9 Å². The predicted octanol–water partition coefficient (Wildman–Crippen LogP) is 3.69. The van der Waals surface area contributed by atoms with Gasteiger partial charge in [-0.15, -0.1) is 11.3 Å². The molecular formula is C23H29N3O3S. The average molecular weight is 428 g/mol. The van der Waals surface area contributed by atoms with E-state index in [4.69, 9.17) is 0 Å². The Kier molecular flexibility index (Phi) is 7.63. The summed E-state index contributed by atoms with van der Waals surface area (Å²) >= 11 is 1.32. The van der Waals surface area contributed by atoms with Gasteiger partial charge < -0.3 is 15.5 Å². The topological polar surface area (TPSA) is 78.5 Å². The first-order chi connectivity index (χ1) is 14.4. The second kappa shape index (κ2) is 10.4. The molecule has 0 unspecified atom stereocenters. The minimum absolute atomic E-state index is 0.0643. The molecule has 0 bridgehead atoms. The molecule has 2 aromatic rings. The number of hydrogen-bond donors (Lipinski definition) is 2. The Bertz CT molecular complexity index is 856. The van der Waals surface area contributed by atoms with E-state index in [1.54, 1.807) is 12.1 Å². The lowest BCUT2D eigenvalue weighted by Gasteiger charge is -2.24. The third kappa shape index (κ3) is 5.92. The molecule has 6 nitrogen and oxygen atoms in total. The van der Waals surface area contributed by atoms with Crippen molar-refractivity contribution in [2.75, 3.05) is 18.0 Å². The molecule has 30 heavy (non-hydrogen) atoms. The minimum atomic E-state index is -0.321. The number of nitrogens with zero attached hydrogens (tertiary/aromatic N) is 1. The highest BCUT2D eigenvalue weighted by Crippen LogP contribution is 2.21. The van der Waals surface area contributed by atoms with Crippen LogP contribution >= 0.6 is 11.3 Å². The van der Waals surface area contributed by atoms with Gasteiger partial charge in [0.1, 0.15) is 6.54 Å². The van der Waals surface area contributed by atoms with E-state index < -0.39 is 0 Å². The summed E-state index contributed by atoms with van der Waals surface area (Å²) in [7, 11) is 0. The molecule has 0 saturated heterocycles. The van der Waals surface area contributed by atoms with Crippen LogP contribution in [0.5, 0.6) is 0 Å². The Hall–Kier alpha value is -2.67. The summed E-state index contributed by atoms with van der Waals surface area (Å²) in [5, 5.41) is 7.50. The lowest BCUT2D eigenvalue weighted by molar-refractivity contribution is -0.123. The summed E-state index contributed by atoms with van der Waals surface area (Å²) < 4.78 is 0. The molecule has 0 spiro atoms. The number of thiophene rings is 1. The third-order valence-electron chi connectivity index (χ3n) is 5.34. The first-order valence-corrected chi connectivity index (χ1v) is 11.3. The molecule has 0 aliphatic heterocycles. The van der Waals surface area contributed by atoms with E-state index in [2.05, 4.69) is 24.5 Å². The molecule has 1 heterocycles. The summed E-state index contributed by atoms with van der Waals surface area (Å²) in [4.78, 5) is 39.7. The van der Waals surface area contributed by atoms with Crippen LogP contribution in [0.1, 0.15) is 60.7 Å². The quantitative estimate of drug-likeness (QED) is 0.674. The normalized spacial score (nSPS) is 14.0. The number of anilines is 1. The molecule has 1 aliphatic carbocycles. The zero-order valence-corrected chi connectivity index (χ0v) is 18.3. The van der Waals surface area contributed by atoms with Crippen LogP contribution in [0.2, 0.25) is 0 Å². The van der Waals surface area contributed by atoms with Gasteiger partial charge in [-0.3, -0.25) is 14.4 Å². The molecule has 160 valence electrons. The van der Waals surface area contributed by atoms with E-state index in [0.29, 0.717) is 16.5 Å². The first-order valence-electron chi connectivity index (χ1n) is 10.5. The van der Waals surface area contributed by atoms with Crippen LogP contribution in [0.4, 0.5) is 5.69 Å². The fraction of sp³-hybridized carbons (Fsp3) is 0.435. The summed E-state index contributed by atoms with van der Waals surface area (Å²) in [6, 6.07) is 11.4. The summed E-state index contributed by atoms with van der Waals surface area (Å²) in [5.41, 5.74) is 1.81. The van der Waals surface area contributed by atoms with Crippen molar-refractivity contribution in [3.8, 4) is 0 Å². The van der Waals surface area contributed by atoms with Crippen molar-refractivity contribution in [2.24, 2.45) is 0 Å². The van der Waals surface area contributed by atoms with Gasteiger partial charge >= 0.3 is 0 Å². The highest BCUT2D eigenvalue weighted by molar-refractivity contribution is 7.12. The number of nitrogens with one attached hydrogen (secondary N) is 2. The maximum atomic E-state index is 12.9. The van der Waals surface area contributed by atoms with E-state index in [1.165, 1.54) is 16.2 Å². The second-order valence-electron chi connectivity index (χ2n) is 7.93. The average Bonchev–Trinajstić information content (AvgIpc) is 3.44. The maximum Gasteiger partial charge on any atom is 0.261 e. The van der Waals surface area contributed by atoms with E-state index in [9.17, 15) is 14.4 Å². The van der Waals surface area contributed by atoms with E-state index in [1.807, 2.05) is 29.6 Å². The highest BCUT2D eigenvalue weighted by atomic mass is 32.1. The molecule has 3 amide bonds. The van der Waals surface area contributed by atoms with E-state index in [0.717, 1.165) is 31.2 Å². The zero-order chi connectivity index (χ0) is 21.5. The second-order valence-corrected chi connectivity index (χ2v) is 8.88. The Balaban J connectivity index is 1.69. The first kappa shape index (κ1) is 22.0. The predicted molar refractivity (Wildman–Crippen MR) is 120 cm³/mol. The van der Waals surface area contributed by atoms with Gasteiger partial charge in [0.15, 0.2) is 0 Å². The van der Waals surface area contributed by atoms with Gasteiger partial charge in [0.2, 0.25) is 11.8 Å². The number of carbonyl (C=O) groups excluding carboxylic acids is 3. The van der Waals surface area contributed by atoms with Gasteiger partial charge in [0, 0.05) is 11.7 Å². The largest absolute Gasteiger partial charge is 0.352 e. The summed E-state index contributed by atoms with van der Waals surface area (Å²) in [6.45, 7) is 3.98. The fourth-order valence-corrected chi connectivity index (χ4v) is 4.24. The van der Waals surface area contributed by atoms with Crippen LogP contribution < -0.4 is 15.5 Å². The Morgan fingerprint density at radius 3 is 2.40 bits per heavy atom. The fourth-order valence-electron chi connectivity index (χ4n) is 3.60. The minimum Gasteiger partial charge on any atom is -0.352 e. The number of amides is 3. The van der Waals surface area contributed by atoms with Crippen molar-refractivity contribution in [3.05, 3.63) is 52.2 Å². The standard InChI is InChI=1S/C23H29N3O3S/c1-16(2)17-9-11-19(12-10-17)26(15-21(27)25-18-6-3-4-7-18)22(28)14-24-23(29)20-8-5-13-30-20/h5,8-13,16,18H,3-4,6-7,14-15H2,1-2H3,(H,24,29)(H,25,27). The van der Waals surface area contributed by atoms with Crippen molar-refractivity contribution in [3.63, 3.8) is 0 Å². The molecule has 1 aromatic carbocycles. The number of hydrogen-bond acceptors (Lipinski definition) is 4. The SMILES string of the molecule is CC(C)c1ccc(N(CC(=O)NC2CCCC2)C(=O)CNC(=O)c2cccs2)cc1. The molecule has 1 saturated carbocycles. The lowest BCUT2D eigenvalue weighted by atomic mass is 10.0. The summed E-state index contributed by atoms with van der Waals surface area (Å²) in [5.74, 6) is -0.408. The van der Waals surface area contributed by atoms with Crippen LogP contribution in [-0.4, -0.2) is 36.9 Å². The van der Waals surface area contributed by atoms with Crippen LogP contribution in [-0.2, 0) is 9.59 Å². The van der Waals surface area contributed by atoms with Gasteiger partial charge in [-0.05, 0) is 47.9 Å². The third-order valence-corrected chi connectivity index (χ3v) is 6.21. The van der Waals surface area contributed by atoms with Crippen LogP contribution in [0, 0.1) is 0 Å². The van der Waals surface area contributed by atoms with Gasteiger partial charge in [-0.25, -0.2) is 0 Å². The monoisotopic (exact) mass is 427 g/mol. The van der Waals surface area contributed by atoms with Gasteiger partial charge in [-0.1, -0.05) is 44.9 Å². The maximum absolute atomic E-state index is 12.9. The Morgan fingerprint density at radius 1 is 1.10 bits per heavy atom. The van der Waals surface area contributed by atoms with Crippen LogP contribution in [0.15, 0.2) is 41.8 Å². The highest BCUT2D eigenvalue weighted by Gasteiger charge is 2.23. The van der Waals surface area contributed by atoms with Crippen LogP contribution in [0.3, 0.4) is 0 Å². The van der Waals surface area contributed by atoms with Gasteiger partial charge in [0.25, 0.3) is 5.91 Å². The molecule has 7 heteroatoms. The van der Waals surface area contributed by atoms with Crippen molar-refractivity contribution in [1.29, 1.82) is 0 Å². The van der Waals surface area contributed by atoms with Crippen molar-refractivity contribution in [2.45, 2.75) is 51.5 Å². The van der Waals surface area contributed by atoms with Crippen LogP contribution in [0.25, 0.3) is 0 Å². The zero-order valence-electron chi connectivity index (χ0n) is 17.5.